The molecule has 0 aromatic heterocycles. The summed E-state index contributed by atoms with van der Waals surface area (Å²) in [6, 6.07) is -0.0672. The van der Waals surface area contributed by atoms with Crippen LogP contribution in [0.25, 0.3) is 0 Å². The average molecular weight is 184 g/mol. The van der Waals surface area contributed by atoms with Gasteiger partial charge in [-0.15, -0.1) is 0 Å². The fraction of sp³-hybridized carbons (Fsp3) is 0.900. The van der Waals surface area contributed by atoms with Crippen molar-refractivity contribution in [2.45, 2.75) is 39.2 Å². The molecule has 1 aliphatic carbocycles. The van der Waals surface area contributed by atoms with Gasteiger partial charge in [-0.1, -0.05) is 13.3 Å². The first-order valence-corrected chi connectivity index (χ1v) is 5.02. The van der Waals surface area contributed by atoms with E-state index in [2.05, 4.69) is 17.6 Å². The summed E-state index contributed by atoms with van der Waals surface area (Å²) >= 11 is 0. The van der Waals surface area contributed by atoms with E-state index in [0.29, 0.717) is 5.41 Å². The van der Waals surface area contributed by atoms with Crippen LogP contribution in [0.15, 0.2) is 0 Å². The van der Waals surface area contributed by atoms with Gasteiger partial charge >= 0.3 is 0 Å². The molecule has 76 valence electrons. The van der Waals surface area contributed by atoms with Crippen LogP contribution in [0.3, 0.4) is 0 Å². The first kappa shape index (κ1) is 10.5. The van der Waals surface area contributed by atoms with Crippen LogP contribution < -0.4 is 10.6 Å². The van der Waals surface area contributed by atoms with Crippen molar-refractivity contribution < 1.29 is 4.79 Å². The van der Waals surface area contributed by atoms with E-state index in [1.807, 2.05) is 6.92 Å². The van der Waals surface area contributed by atoms with Crippen molar-refractivity contribution in [3.05, 3.63) is 0 Å². The zero-order chi connectivity index (χ0) is 9.90. The van der Waals surface area contributed by atoms with Crippen molar-refractivity contribution >= 4 is 5.91 Å². The Morgan fingerprint density at radius 1 is 1.54 bits per heavy atom. The minimum absolute atomic E-state index is 0.0672. The summed E-state index contributed by atoms with van der Waals surface area (Å²) in [6.45, 7) is 5.14. The summed E-state index contributed by atoms with van der Waals surface area (Å²) in [6.07, 6.45) is 3.92. The van der Waals surface area contributed by atoms with Crippen LogP contribution >= 0.6 is 0 Å². The van der Waals surface area contributed by atoms with Gasteiger partial charge in [0.2, 0.25) is 5.91 Å². The van der Waals surface area contributed by atoms with Gasteiger partial charge in [-0.05, 0) is 25.2 Å². The summed E-state index contributed by atoms with van der Waals surface area (Å²) in [5, 5.41) is 5.90. The van der Waals surface area contributed by atoms with Crippen LogP contribution in [0.4, 0.5) is 0 Å². The smallest absolute Gasteiger partial charge is 0.236 e. The molecule has 13 heavy (non-hydrogen) atoms. The summed E-state index contributed by atoms with van der Waals surface area (Å²) in [7, 11) is 1.67. The van der Waals surface area contributed by atoms with Crippen LogP contribution in [0.1, 0.15) is 33.1 Å². The van der Waals surface area contributed by atoms with Gasteiger partial charge in [-0.25, -0.2) is 0 Å². The molecular formula is C10H20N2O. The van der Waals surface area contributed by atoms with Crippen molar-refractivity contribution in [3.63, 3.8) is 0 Å². The molecule has 3 nitrogen and oxygen atoms in total. The standard InChI is InChI=1S/C10H20N2O/c1-8(9(13)11-3)12-7-10(2)5-4-6-10/h8,12H,4-7H2,1-3H3,(H,11,13). The highest BCUT2D eigenvalue weighted by Crippen LogP contribution is 2.39. The van der Waals surface area contributed by atoms with E-state index in [0.717, 1.165) is 6.54 Å². The first-order valence-electron chi connectivity index (χ1n) is 5.02. The number of nitrogens with one attached hydrogen (secondary N) is 2. The second-order valence-electron chi connectivity index (χ2n) is 4.38. The third kappa shape index (κ3) is 2.69. The van der Waals surface area contributed by atoms with Crippen molar-refractivity contribution in [1.82, 2.24) is 10.6 Å². The number of rotatable bonds is 4. The van der Waals surface area contributed by atoms with Gasteiger partial charge in [-0.2, -0.15) is 0 Å². The van der Waals surface area contributed by atoms with E-state index >= 15 is 0 Å². The van der Waals surface area contributed by atoms with E-state index in [1.54, 1.807) is 7.05 Å². The lowest BCUT2D eigenvalue weighted by atomic mass is 9.70. The third-order valence-corrected chi connectivity index (χ3v) is 3.04. The molecule has 0 aromatic carbocycles. The molecule has 3 heteroatoms. The van der Waals surface area contributed by atoms with Crippen LogP contribution in [-0.2, 0) is 4.79 Å². The van der Waals surface area contributed by atoms with Gasteiger partial charge < -0.3 is 10.6 Å². The molecular weight excluding hydrogens is 164 g/mol. The molecule has 1 atom stereocenters. The molecule has 0 saturated heterocycles. The zero-order valence-corrected chi connectivity index (χ0v) is 8.81. The molecule has 0 spiro atoms. The maximum absolute atomic E-state index is 11.2. The van der Waals surface area contributed by atoms with Gasteiger partial charge in [0.1, 0.15) is 0 Å². The topological polar surface area (TPSA) is 41.1 Å². The van der Waals surface area contributed by atoms with E-state index in [4.69, 9.17) is 0 Å². The van der Waals surface area contributed by atoms with Crippen LogP contribution in [0, 0.1) is 5.41 Å². The Morgan fingerprint density at radius 3 is 2.54 bits per heavy atom. The zero-order valence-electron chi connectivity index (χ0n) is 8.81. The van der Waals surface area contributed by atoms with E-state index in [-0.39, 0.29) is 11.9 Å². The molecule has 1 rings (SSSR count). The normalized spacial score (nSPS) is 21.8. The Morgan fingerprint density at radius 2 is 2.15 bits per heavy atom. The minimum atomic E-state index is -0.0672. The van der Waals surface area contributed by atoms with Gasteiger partial charge in [0, 0.05) is 13.6 Å². The average Bonchev–Trinajstić information content (AvgIpc) is 2.09. The molecule has 0 aromatic rings. The molecule has 0 bridgehead atoms. The quantitative estimate of drug-likeness (QED) is 0.681. The SMILES string of the molecule is CNC(=O)C(C)NCC1(C)CCC1. The van der Waals surface area contributed by atoms with Gasteiger partial charge in [-0.3, -0.25) is 4.79 Å². The second-order valence-corrected chi connectivity index (χ2v) is 4.38. The molecule has 1 fully saturated rings. The van der Waals surface area contributed by atoms with E-state index in [9.17, 15) is 4.79 Å². The predicted molar refractivity (Wildman–Crippen MR) is 53.5 cm³/mol. The molecule has 0 aliphatic heterocycles. The lowest BCUT2D eigenvalue weighted by molar-refractivity contribution is -0.122. The molecule has 2 N–H and O–H groups in total. The summed E-state index contributed by atoms with van der Waals surface area (Å²) in [5.41, 5.74) is 0.447. The second kappa shape index (κ2) is 4.09. The van der Waals surface area contributed by atoms with E-state index in [1.165, 1.54) is 19.3 Å². The molecule has 1 amide bonds. The summed E-state index contributed by atoms with van der Waals surface area (Å²) < 4.78 is 0. The molecule has 1 unspecified atom stereocenters. The molecule has 0 heterocycles. The monoisotopic (exact) mass is 184 g/mol. The number of amides is 1. The number of hydrogen-bond donors (Lipinski definition) is 2. The summed E-state index contributed by atoms with van der Waals surface area (Å²) in [5.74, 6) is 0.0722. The first-order chi connectivity index (χ1) is 6.07. The highest BCUT2D eigenvalue weighted by atomic mass is 16.2. The lowest BCUT2D eigenvalue weighted by Gasteiger charge is -2.39. The van der Waals surface area contributed by atoms with Crippen molar-refractivity contribution in [3.8, 4) is 0 Å². The number of carbonyl (C=O) groups excluding carboxylic acids is 1. The molecule has 1 saturated carbocycles. The van der Waals surface area contributed by atoms with Gasteiger partial charge in [0.25, 0.3) is 0 Å². The summed E-state index contributed by atoms with van der Waals surface area (Å²) in [4.78, 5) is 11.2. The highest BCUT2D eigenvalue weighted by Gasteiger charge is 2.31. The third-order valence-electron chi connectivity index (χ3n) is 3.04. The fourth-order valence-corrected chi connectivity index (χ4v) is 1.67. The fourth-order valence-electron chi connectivity index (χ4n) is 1.67. The van der Waals surface area contributed by atoms with Crippen molar-refractivity contribution in [1.29, 1.82) is 0 Å². The van der Waals surface area contributed by atoms with Gasteiger partial charge in [0.15, 0.2) is 0 Å². The number of hydrogen-bond acceptors (Lipinski definition) is 2. The minimum Gasteiger partial charge on any atom is -0.358 e. The largest absolute Gasteiger partial charge is 0.358 e. The van der Waals surface area contributed by atoms with Crippen molar-refractivity contribution in [2.24, 2.45) is 5.41 Å². The Balaban J connectivity index is 2.21. The van der Waals surface area contributed by atoms with Crippen LogP contribution in [0.5, 0.6) is 0 Å². The Bertz CT molecular complexity index is 187. The van der Waals surface area contributed by atoms with E-state index < -0.39 is 0 Å². The number of likely N-dealkylation sites (N-methyl/N-ethyl adjacent to an activating group) is 1. The predicted octanol–water partition coefficient (Wildman–Crippen LogP) is 0.901. The molecule has 0 radical (unpaired) electrons. The Hall–Kier alpha value is -0.570. The lowest BCUT2D eigenvalue weighted by Crippen LogP contribution is -2.46. The maximum atomic E-state index is 11.2. The van der Waals surface area contributed by atoms with Crippen molar-refractivity contribution in [2.75, 3.05) is 13.6 Å². The Labute approximate surface area is 80.3 Å². The van der Waals surface area contributed by atoms with Crippen LogP contribution in [0.2, 0.25) is 0 Å². The molecule has 1 aliphatic rings. The maximum Gasteiger partial charge on any atom is 0.236 e. The highest BCUT2D eigenvalue weighted by molar-refractivity contribution is 5.80. The van der Waals surface area contributed by atoms with Crippen LogP contribution in [-0.4, -0.2) is 25.5 Å². The Kier molecular flexibility index (Phi) is 3.31. The van der Waals surface area contributed by atoms with Gasteiger partial charge in [0.05, 0.1) is 6.04 Å². The number of carbonyl (C=O) groups is 1.